The highest BCUT2D eigenvalue weighted by Gasteiger charge is 2.36. The molecule has 1 rings (SSSR count). The zero-order valence-electron chi connectivity index (χ0n) is 8.09. The number of nitrogen functional groups attached to an aromatic ring is 1. The summed E-state index contributed by atoms with van der Waals surface area (Å²) in [5.41, 5.74) is 4.60. The third kappa shape index (κ3) is 1.45. The molecule has 0 amide bonds. The van der Waals surface area contributed by atoms with Gasteiger partial charge in [0.15, 0.2) is 0 Å². The van der Waals surface area contributed by atoms with Gasteiger partial charge in [0.05, 0.1) is 0 Å². The van der Waals surface area contributed by atoms with Gasteiger partial charge in [-0.1, -0.05) is 5.10 Å². The Bertz CT molecular complexity index is 378. The van der Waals surface area contributed by atoms with Gasteiger partial charge in [0.2, 0.25) is 0 Å². The molecule has 0 bridgehead atoms. The summed E-state index contributed by atoms with van der Waals surface area (Å²) in [5, 5.41) is 25.4. The summed E-state index contributed by atoms with van der Waals surface area (Å²) in [4.78, 5) is 10.6. The lowest BCUT2D eigenvalue weighted by Gasteiger charge is -2.14. The molecule has 0 radical (unpaired) electrons. The Morgan fingerprint density at radius 3 is 2.29 bits per heavy atom. The highest BCUT2D eigenvalue weighted by molar-refractivity contribution is 5.40. The van der Waals surface area contributed by atoms with E-state index in [1.807, 2.05) is 0 Å². The number of nitro groups is 1. The van der Waals surface area contributed by atoms with Gasteiger partial charge >= 0.3 is 11.6 Å². The van der Waals surface area contributed by atoms with E-state index >= 15 is 0 Å². The molecule has 0 unspecified atom stereocenters. The number of rotatable bonds is 1. The third-order valence-corrected chi connectivity index (χ3v) is 1.56. The molecule has 1 aromatic rings. The summed E-state index contributed by atoms with van der Waals surface area (Å²) in [6.45, 7) is 5.08. The fourth-order valence-electron chi connectivity index (χ4n) is 0.961. The number of aromatic nitrogens is 3. The zero-order valence-corrected chi connectivity index (χ0v) is 8.09. The van der Waals surface area contributed by atoms with Crippen molar-refractivity contribution >= 4 is 11.6 Å². The summed E-state index contributed by atoms with van der Waals surface area (Å²) < 4.78 is 0. The predicted molar refractivity (Wildman–Crippen MR) is 47.2 cm³/mol. The lowest BCUT2D eigenvalue weighted by molar-refractivity contribution is -0.742. The Morgan fingerprint density at radius 1 is 1.57 bits per heavy atom. The van der Waals surface area contributed by atoms with Crippen molar-refractivity contribution in [2.75, 3.05) is 5.73 Å². The Morgan fingerprint density at radius 2 is 2.07 bits per heavy atom. The smallest absolute Gasteiger partial charge is 0.582 e. The monoisotopic (exact) mass is 201 g/mol. The van der Waals surface area contributed by atoms with Gasteiger partial charge in [-0.05, 0) is 25.6 Å². The summed E-state index contributed by atoms with van der Waals surface area (Å²) in [6.07, 6.45) is 0. The second kappa shape index (κ2) is 2.82. The second-order valence-corrected chi connectivity index (χ2v) is 3.80. The summed E-state index contributed by atoms with van der Waals surface area (Å²) in [7, 11) is 0. The number of hydrogen-bond acceptors (Lipinski definition) is 5. The van der Waals surface area contributed by atoms with Crippen molar-refractivity contribution in [3.8, 4) is 0 Å². The molecule has 0 fully saturated rings. The molecule has 0 aliphatic heterocycles. The minimum atomic E-state index is -0.850. The average molecular weight is 201 g/mol. The third-order valence-electron chi connectivity index (χ3n) is 1.56. The van der Waals surface area contributed by atoms with Gasteiger partial charge < -0.3 is 10.9 Å². The van der Waals surface area contributed by atoms with Crippen LogP contribution in [0.15, 0.2) is 0 Å². The van der Waals surface area contributed by atoms with E-state index in [2.05, 4.69) is 5.10 Å². The van der Waals surface area contributed by atoms with Crippen molar-refractivity contribution in [3.05, 3.63) is 15.3 Å². The van der Waals surface area contributed by atoms with Crippen LogP contribution in [-0.4, -0.2) is 14.8 Å². The van der Waals surface area contributed by atoms with Gasteiger partial charge in [-0.2, -0.15) is 0 Å². The van der Waals surface area contributed by atoms with Crippen LogP contribution >= 0.6 is 0 Å². The van der Waals surface area contributed by atoms with E-state index < -0.39 is 16.3 Å². The van der Waals surface area contributed by atoms with Crippen molar-refractivity contribution in [2.45, 2.75) is 26.3 Å². The SMILES string of the molecule is CC(C)(C)n1nc(N)c([N+](=O)[O-])[n+]1[O-]. The van der Waals surface area contributed by atoms with Crippen molar-refractivity contribution < 1.29 is 9.77 Å². The van der Waals surface area contributed by atoms with Crippen molar-refractivity contribution in [1.29, 1.82) is 0 Å². The van der Waals surface area contributed by atoms with Crippen molar-refractivity contribution in [3.63, 3.8) is 0 Å². The molecular formula is C6H11N5O3. The molecular weight excluding hydrogens is 190 g/mol. The van der Waals surface area contributed by atoms with E-state index in [-0.39, 0.29) is 10.7 Å². The van der Waals surface area contributed by atoms with Crippen LogP contribution in [0.4, 0.5) is 11.6 Å². The van der Waals surface area contributed by atoms with Crippen molar-refractivity contribution in [1.82, 2.24) is 9.90 Å². The lowest BCUT2D eigenvalue weighted by Crippen LogP contribution is -2.47. The van der Waals surface area contributed by atoms with Crippen LogP contribution in [0.2, 0.25) is 0 Å². The molecule has 0 aromatic carbocycles. The Hall–Kier alpha value is -1.86. The fourth-order valence-corrected chi connectivity index (χ4v) is 0.961. The number of hydrogen-bond donors (Lipinski definition) is 1. The van der Waals surface area contributed by atoms with Gasteiger partial charge in [-0.15, -0.1) is 0 Å². The maximum Gasteiger partial charge on any atom is 0.582 e. The molecule has 14 heavy (non-hydrogen) atoms. The summed E-state index contributed by atoms with van der Waals surface area (Å²) >= 11 is 0. The first-order chi connectivity index (χ1) is 6.25. The molecule has 0 atom stereocenters. The fraction of sp³-hybridized carbons (Fsp3) is 0.667. The average Bonchev–Trinajstić information content (AvgIpc) is 2.24. The van der Waals surface area contributed by atoms with E-state index in [1.54, 1.807) is 20.8 Å². The highest BCUT2D eigenvalue weighted by atomic mass is 16.6. The van der Waals surface area contributed by atoms with Crippen LogP contribution in [0.3, 0.4) is 0 Å². The van der Waals surface area contributed by atoms with Crippen LogP contribution in [0, 0.1) is 15.3 Å². The first kappa shape index (κ1) is 10.2. The Balaban J connectivity index is 3.39. The summed E-state index contributed by atoms with van der Waals surface area (Å²) in [5.74, 6) is -1.11. The Kier molecular flexibility index (Phi) is 2.06. The minimum Gasteiger partial charge on any atom is -0.590 e. The molecule has 0 saturated heterocycles. The summed E-state index contributed by atoms with van der Waals surface area (Å²) in [6, 6.07) is 0. The van der Waals surface area contributed by atoms with E-state index in [9.17, 15) is 15.3 Å². The van der Waals surface area contributed by atoms with Crippen LogP contribution in [0.5, 0.6) is 0 Å². The Labute approximate surface area is 79.6 Å². The lowest BCUT2D eigenvalue weighted by atomic mass is 10.1. The molecule has 8 heteroatoms. The molecule has 78 valence electrons. The number of anilines is 1. The highest BCUT2D eigenvalue weighted by Crippen LogP contribution is 2.17. The second-order valence-electron chi connectivity index (χ2n) is 3.80. The first-order valence-corrected chi connectivity index (χ1v) is 3.88. The quantitative estimate of drug-likeness (QED) is 0.291. The van der Waals surface area contributed by atoms with Crippen LogP contribution in [0.25, 0.3) is 0 Å². The van der Waals surface area contributed by atoms with Crippen LogP contribution in [0.1, 0.15) is 20.8 Å². The normalized spacial score (nSPS) is 11.6. The van der Waals surface area contributed by atoms with Gasteiger partial charge in [0, 0.05) is 4.85 Å². The molecule has 1 aromatic heterocycles. The molecule has 0 spiro atoms. The van der Waals surface area contributed by atoms with Gasteiger partial charge in [0.25, 0.3) is 0 Å². The molecule has 1 heterocycles. The van der Waals surface area contributed by atoms with E-state index in [1.165, 1.54) is 0 Å². The number of nitrogens with zero attached hydrogens (tertiary/aromatic N) is 4. The zero-order chi connectivity index (χ0) is 11.1. The van der Waals surface area contributed by atoms with E-state index in [0.29, 0.717) is 0 Å². The molecule has 2 N–H and O–H groups in total. The topological polar surface area (TPSA) is 114 Å². The molecule has 0 saturated carbocycles. The van der Waals surface area contributed by atoms with Gasteiger partial charge in [0.1, 0.15) is 10.5 Å². The first-order valence-electron chi connectivity index (χ1n) is 3.88. The largest absolute Gasteiger partial charge is 0.590 e. The molecule has 0 aliphatic carbocycles. The van der Waals surface area contributed by atoms with Crippen LogP contribution < -0.4 is 10.6 Å². The standard InChI is InChI=1S/C6H11N5O3/c1-6(2,3)11-8-4(7)5(9(11)12)10(13)14/h1-3H3,(H2,7,8). The predicted octanol–water partition coefficient (Wildman–Crippen LogP) is -0.238. The molecule has 8 nitrogen and oxygen atoms in total. The maximum atomic E-state index is 11.4. The maximum absolute atomic E-state index is 11.4. The van der Waals surface area contributed by atoms with Gasteiger partial charge in [-0.25, -0.2) is 0 Å². The van der Waals surface area contributed by atoms with Crippen molar-refractivity contribution in [2.24, 2.45) is 0 Å². The van der Waals surface area contributed by atoms with E-state index in [4.69, 9.17) is 5.73 Å². The minimum absolute atomic E-state index is 0.0926. The molecule has 0 aliphatic rings. The number of nitrogens with two attached hydrogens (primary N) is 1. The van der Waals surface area contributed by atoms with Crippen LogP contribution in [-0.2, 0) is 5.54 Å². The van der Waals surface area contributed by atoms with Gasteiger partial charge in [-0.3, -0.25) is 10.1 Å². The van der Waals surface area contributed by atoms with E-state index in [0.717, 1.165) is 4.80 Å².